The van der Waals surface area contributed by atoms with E-state index in [1.807, 2.05) is 30.4 Å². The molecule has 0 bridgehead atoms. The molecule has 0 aromatic heterocycles. The molecule has 0 spiro atoms. The molecule has 5 nitrogen and oxygen atoms in total. The number of hydrogen-bond donors (Lipinski definition) is 0. The molecule has 0 unspecified atom stereocenters. The fraction of sp³-hybridized carbons (Fsp3) is 0.0667. The first-order valence-electron chi connectivity index (χ1n) is 6.04. The summed E-state index contributed by atoms with van der Waals surface area (Å²) >= 11 is 0. The minimum Gasteiger partial charge on any atom is -0.454 e. The number of nitro benzene ring substituents is 1. The minimum atomic E-state index is -0.411. The van der Waals surface area contributed by atoms with E-state index >= 15 is 0 Å². The molecule has 0 fully saturated rings. The summed E-state index contributed by atoms with van der Waals surface area (Å²) in [6.07, 6.45) is 3.81. The number of ether oxygens (including phenoxy) is 2. The van der Waals surface area contributed by atoms with E-state index < -0.39 is 4.92 Å². The smallest absolute Gasteiger partial charge is 0.269 e. The molecule has 0 aliphatic carbocycles. The number of hydrogen-bond acceptors (Lipinski definition) is 4. The van der Waals surface area contributed by atoms with Crippen molar-refractivity contribution in [1.29, 1.82) is 0 Å². The molecule has 100 valence electrons. The fourth-order valence-electron chi connectivity index (χ4n) is 1.92. The Balaban J connectivity index is 1.78. The highest BCUT2D eigenvalue weighted by atomic mass is 16.7. The highest BCUT2D eigenvalue weighted by Crippen LogP contribution is 2.32. The highest BCUT2D eigenvalue weighted by Gasteiger charge is 2.12. The third-order valence-electron chi connectivity index (χ3n) is 2.97. The lowest BCUT2D eigenvalue weighted by molar-refractivity contribution is -0.384. The third-order valence-corrected chi connectivity index (χ3v) is 2.97. The summed E-state index contributed by atoms with van der Waals surface area (Å²) in [5, 5.41) is 10.6. The molecule has 20 heavy (non-hydrogen) atoms. The molecule has 2 aromatic carbocycles. The minimum absolute atomic E-state index is 0.0882. The van der Waals surface area contributed by atoms with E-state index in [1.54, 1.807) is 12.1 Å². The molecule has 1 heterocycles. The monoisotopic (exact) mass is 269 g/mol. The summed E-state index contributed by atoms with van der Waals surface area (Å²) in [6.45, 7) is 0.255. The number of fused-ring (bicyclic) bond motifs is 1. The Morgan fingerprint density at radius 2 is 1.60 bits per heavy atom. The molecule has 2 aromatic rings. The Hall–Kier alpha value is -2.82. The van der Waals surface area contributed by atoms with Gasteiger partial charge in [-0.15, -0.1) is 0 Å². The van der Waals surface area contributed by atoms with Crippen molar-refractivity contribution in [1.82, 2.24) is 0 Å². The summed E-state index contributed by atoms with van der Waals surface area (Å²) in [7, 11) is 0. The van der Waals surface area contributed by atoms with Gasteiger partial charge in [-0.25, -0.2) is 0 Å². The van der Waals surface area contributed by atoms with Gasteiger partial charge in [-0.05, 0) is 35.4 Å². The predicted molar refractivity (Wildman–Crippen MR) is 74.6 cm³/mol. The Labute approximate surface area is 115 Å². The van der Waals surface area contributed by atoms with Crippen LogP contribution in [0.2, 0.25) is 0 Å². The van der Waals surface area contributed by atoms with Crippen LogP contribution < -0.4 is 9.47 Å². The topological polar surface area (TPSA) is 61.6 Å². The normalized spacial score (nSPS) is 12.8. The average Bonchev–Trinajstić information content (AvgIpc) is 2.93. The average molecular weight is 269 g/mol. The first-order chi connectivity index (χ1) is 9.72. The molecule has 0 N–H and O–H groups in total. The Morgan fingerprint density at radius 1 is 0.950 bits per heavy atom. The van der Waals surface area contributed by atoms with Gasteiger partial charge in [-0.1, -0.05) is 18.2 Å². The van der Waals surface area contributed by atoms with Crippen LogP contribution in [0.4, 0.5) is 5.69 Å². The number of rotatable bonds is 3. The first-order valence-corrected chi connectivity index (χ1v) is 6.04. The van der Waals surface area contributed by atoms with Crippen LogP contribution in [0.5, 0.6) is 11.5 Å². The van der Waals surface area contributed by atoms with Gasteiger partial charge in [-0.3, -0.25) is 10.1 Å². The maximum absolute atomic E-state index is 10.6. The summed E-state index contributed by atoms with van der Waals surface area (Å²) in [4.78, 5) is 10.2. The lowest BCUT2D eigenvalue weighted by atomic mass is 10.1. The largest absolute Gasteiger partial charge is 0.454 e. The van der Waals surface area contributed by atoms with Crippen molar-refractivity contribution in [3.63, 3.8) is 0 Å². The van der Waals surface area contributed by atoms with Gasteiger partial charge >= 0.3 is 0 Å². The predicted octanol–water partition coefficient (Wildman–Crippen LogP) is 3.49. The molecule has 0 atom stereocenters. The first kappa shape index (κ1) is 12.2. The van der Waals surface area contributed by atoms with Crippen LogP contribution in [0.1, 0.15) is 11.1 Å². The van der Waals surface area contributed by atoms with Crippen molar-refractivity contribution in [2.45, 2.75) is 0 Å². The molecule has 1 aliphatic rings. The number of benzene rings is 2. The van der Waals surface area contributed by atoms with E-state index in [1.165, 1.54) is 12.1 Å². The SMILES string of the molecule is O=[N+]([O-])c1ccc(/C=C/c2ccc3c(c2)OCO3)cc1. The van der Waals surface area contributed by atoms with Crippen molar-refractivity contribution < 1.29 is 14.4 Å². The summed E-state index contributed by atoms with van der Waals surface area (Å²) in [5.41, 5.74) is 1.96. The van der Waals surface area contributed by atoms with Crippen molar-refractivity contribution in [3.05, 3.63) is 63.7 Å². The quantitative estimate of drug-likeness (QED) is 0.486. The van der Waals surface area contributed by atoms with Gasteiger partial charge in [0.1, 0.15) is 0 Å². The number of non-ortho nitro benzene ring substituents is 1. The Kier molecular flexibility index (Phi) is 3.09. The molecular weight excluding hydrogens is 258 g/mol. The Morgan fingerprint density at radius 3 is 2.35 bits per heavy atom. The summed E-state index contributed by atoms with van der Waals surface area (Å²) in [6, 6.07) is 12.1. The zero-order chi connectivity index (χ0) is 13.9. The van der Waals surface area contributed by atoms with E-state index in [-0.39, 0.29) is 12.5 Å². The van der Waals surface area contributed by atoms with Crippen LogP contribution in [0, 0.1) is 10.1 Å². The Bertz CT molecular complexity index is 677. The second-order valence-corrected chi connectivity index (χ2v) is 4.29. The van der Waals surface area contributed by atoms with Crippen LogP contribution in [-0.2, 0) is 0 Å². The number of nitro groups is 1. The van der Waals surface area contributed by atoms with Crippen LogP contribution in [-0.4, -0.2) is 11.7 Å². The van der Waals surface area contributed by atoms with E-state index in [9.17, 15) is 10.1 Å². The molecule has 0 saturated heterocycles. The maximum atomic E-state index is 10.6. The van der Waals surface area contributed by atoms with E-state index in [4.69, 9.17) is 9.47 Å². The zero-order valence-electron chi connectivity index (χ0n) is 10.5. The van der Waals surface area contributed by atoms with Crippen LogP contribution in [0.25, 0.3) is 12.2 Å². The lowest BCUT2D eigenvalue weighted by Gasteiger charge is -1.98. The third kappa shape index (κ3) is 2.47. The van der Waals surface area contributed by atoms with E-state index in [2.05, 4.69) is 0 Å². The molecule has 0 amide bonds. The second-order valence-electron chi connectivity index (χ2n) is 4.29. The van der Waals surface area contributed by atoms with Crippen LogP contribution >= 0.6 is 0 Å². The second kappa shape index (κ2) is 5.05. The van der Waals surface area contributed by atoms with Crippen molar-refractivity contribution in [2.24, 2.45) is 0 Å². The molecule has 5 heteroatoms. The van der Waals surface area contributed by atoms with Gasteiger partial charge in [0.05, 0.1) is 4.92 Å². The van der Waals surface area contributed by atoms with Gasteiger partial charge in [0, 0.05) is 12.1 Å². The summed E-state index contributed by atoms with van der Waals surface area (Å²) < 4.78 is 10.5. The number of nitrogens with zero attached hydrogens (tertiary/aromatic N) is 1. The molecule has 1 aliphatic heterocycles. The van der Waals surface area contributed by atoms with Gasteiger partial charge in [0.2, 0.25) is 6.79 Å². The molecular formula is C15H11NO4. The molecule has 3 rings (SSSR count). The van der Waals surface area contributed by atoms with Crippen LogP contribution in [0.15, 0.2) is 42.5 Å². The van der Waals surface area contributed by atoms with Gasteiger partial charge in [-0.2, -0.15) is 0 Å². The highest BCUT2D eigenvalue weighted by molar-refractivity contribution is 5.71. The van der Waals surface area contributed by atoms with E-state index in [0.29, 0.717) is 0 Å². The van der Waals surface area contributed by atoms with Crippen LogP contribution in [0.3, 0.4) is 0 Å². The van der Waals surface area contributed by atoms with Gasteiger partial charge in [0.15, 0.2) is 11.5 Å². The van der Waals surface area contributed by atoms with Gasteiger partial charge in [0.25, 0.3) is 5.69 Å². The van der Waals surface area contributed by atoms with E-state index in [0.717, 1.165) is 22.6 Å². The molecule has 0 radical (unpaired) electrons. The van der Waals surface area contributed by atoms with Crippen molar-refractivity contribution in [3.8, 4) is 11.5 Å². The lowest BCUT2D eigenvalue weighted by Crippen LogP contribution is -1.92. The molecule has 0 saturated carbocycles. The zero-order valence-corrected chi connectivity index (χ0v) is 10.5. The maximum Gasteiger partial charge on any atom is 0.269 e. The van der Waals surface area contributed by atoms with Crippen molar-refractivity contribution in [2.75, 3.05) is 6.79 Å². The van der Waals surface area contributed by atoms with Crippen molar-refractivity contribution >= 4 is 17.8 Å². The fourth-order valence-corrected chi connectivity index (χ4v) is 1.92. The van der Waals surface area contributed by atoms with Gasteiger partial charge < -0.3 is 9.47 Å². The summed E-state index contributed by atoms with van der Waals surface area (Å²) in [5.74, 6) is 1.48. The standard InChI is InChI=1S/C15H11NO4/c17-16(18)13-6-3-11(4-7-13)1-2-12-5-8-14-15(9-12)20-10-19-14/h1-9H,10H2/b2-1+.